The van der Waals surface area contributed by atoms with Crippen LogP contribution in [0.4, 0.5) is 0 Å². The maximum Gasteiger partial charge on any atom is 0.156 e. The fourth-order valence-electron chi connectivity index (χ4n) is 1.19. The number of aromatic nitrogens is 1. The van der Waals surface area contributed by atoms with Gasteiger partial charge in [-0.1, -0.05) is 18.7 Å². The van der Waals surface area contributed by atoms with Crippen LogP contribution in [0.2, 0.25) is 0 Å². The molecule has 1 aromatic rings. The number of rotatable bonds is 3. The van der Waals surface area contributed by atoms with E-state index in [4.69, 9.17) is 0 Å². The molecule has 0 radical (unpaired) electrons. The summed E-state index contributed by atoms with van der Waals surface area (Å²) in [6.07, 6.45) is 3.04. The fourth-order valence-corrected chi connectivity index (χ4v) is 2.72. The molecule has 14 heavy (non-hydrogen) atoms. The summed E-state index contributed by atoms with van der Waals surface area (Å²) in [5, 5.41) is 5.51. The summed E-state index contributed by atoms with van der Waals surface area (Å²) in [4.78, 5) is 10.0. The van der Waals surface area contributed by atoms with Crippen LogP contribution >= 0.6 is 23.1 Å². The monoisotopic (exact) mass is 227 g/mol. The fraction of sp³-hybridized carbons (Fsp3) is 0.556. The molecule has 0 atom stereocenters. The highest BCUT2D eigenvalue weighted by molar-refractivity contribution is 8.14. The smallest absolute Gasteiger partial charge is 0.156 e. The molecular weight excluding hydrogens is 214 g/mol. The van der Waals surface area contributed by atoms with Gasteiger partial charge in [0.05, 0.1) is 13.1 Å². The van der Waals surface area contributed by atoms with Gasteiger partial charge in [-0.3, -0.25) is 4.99 Å². The second-order valence-electron chi connectivity index (χ2n) is 2.96. The number of nitrogens with one attached hydrogen (secondary N) is 1. The lowest BCUT2D eigenvalue weighted by atomic mass is 10.4. The number of hydrogen-bond acceptors (Lipinski definition) is 5. The van der Waals surface area contributed by atoms with Gasteiger partial charge in [-0.2, -0.15) is 0 Å². The maximum absolute atomic E-state index is 4.34. The molecule has 76 valence electrons. The molecular formula is C9H13N3S2. The van der Waals surface area contributed by atoms with Gasteiger partial charge in [-0.05, 0) is 6.42 Å². The molecule has 1 aromatic heterocycles. The quantitative estimate of drug-likeness (QED) is 0.857. The summed E-state index contributed by atoms with van der Waals surface area (Å²) in [7, 11) is 0. The first-order valence-corrected chi connectivity index (χ1v) is 6.53. The third-order valence-corrected chi connectivity index (χ3v) is 4.00. The van der Waals surface area contributed by atoms with E-state index in [9.17, 15) is 0 Å². The summed E-state index contributed by atoms with van der Waals surface area (Å²) < 4.78 is 0. The van der Waals surface area contributed by atoms with Crippen molar-refractivity contribution in [2.45, 2.75) is 19.9 Å². The largest absolute Gasteiger partial charge is 0.358 e. The van der Waals surface area contributed by atoms with Gasteiger partial charge < -0.3 is 5.32 Å². The molecule has 3 nitrogen and oxygen atoms in total. The molecule has 0 bridgehead atoms. The average Bonchev–Trinajstić information content (AvgIpc) is 2.86. The van der Waals surface area contributed by atoms with Crippen LogP contribution in [0.25, 0.3) is 0 Å². The summed E-state index contributed by atoms with van der Waals surface area (Å²) in [6.45, 7) is 3.92. The van der Waals surface area contributed by atoms with E-state index < -0.39 is 0 Å². The molecule has 0 unspecified atom stereocenters. The normalized spacial score (nSPS) is 15.6. The summed E-state index contributed by atoms with van der Waals surface area (Å²) in [5.74, 6) is 1.11. The molecule has 1 aliphatic heterocycles. The minimum Gasteiger partial charge on any atom is -0.358 e. The Kier molecular flexibility index (Phi) is 3.42. The van der Waals surface area contributed by atoms with E-state index in [2.05, 4.69) is 22.2 Å². The third-order valence-electron chi connectivity index (χ3n) is 1.93. The van der Waals surface area contributed by atoms with Crippen molar-refractivity contribution in [3.8, 4) is 0 Å². The van der Waals surface area contributed by atoms with E-state index in [1.54, 1.807) is 23.1 Å². The van der Waals surface area contributed by atoms with E-state index in [0.29, 0.717) is 0 Å². The second kappa shape index (κ2) is 4.79. The second-order valence-corrected chi connectivity index (χ2v) is 5.25. The van der Waals surface area contributed by atoms with Gasteiger partial charge in [0.1, 0.15) is 5.01 Å². The number of aryl methyl sites for hydroxylation is 1. The first kappa shape index (κ1) is 9.98. The molecule has 1 N–H and O–H groups in total. The summed E-state index contributed by atoms with van der Waals surface area (Å²) in [6, 6.07) is 0. The Morgan fingerprint density at radius 2 is 2.50 bits per heavy atom. The van der Waals surface area contributed by atoms with Gasteiger partial charge in [0.2, 0.25) is 0 Å². The Morgan fingerprint density at radius 3 is 3.14 bits per heavy atom. The van der Waals surface area contributed by atoms with Gasteiger partial charge in [-0.25, -0.2) is 4.98 Å². The van der Waals surface area contributed by atoms with Gasteiger partial charge in [0, 0.05) is 16.8 Å². The van der Waals surface area contributed by atoms with Gasteiger partial charge >= 0.3 is 0 Å². The molecule has 0 saturated heterocycles. The van der Waals surface area contributed by atoms with Crippen LogP contribution < -0.4 is 5.32 Å². The van der Waals surface area contributed by atoms with Crippen LogP contribution in [0.15, 0.2) is 11.2 Å². The van der Waals surface area contributed by atoms with Crippen LogP contribution in [-0.4, -0.2) is 22.4 Å². The number of aliphatic imine (C=N–C) groups is 1. The van der Waals surface area contributed by atoms with E-state index in [0.717, 1.165) is 35.4 Å². The topological polar surface area (TPSA) is 37.3 Å². The Bertz CT molecular complexity index is 333. The lowest BCUT2D eigenvalue weighted by Crippen LogP contribution is -2.17. The standard InChI is InChI=1S/C9H13N3S2/c1-2-7-5-11-8(14-7)6-12-9-10-3-4-13-9/h5H,2-4,6H2,1H3,(H,10,12). The summed E-state index contributed by atoms with van der Waals surface area (Å²) >= 11 is 3.57. The molecule has 0 spiro atoms. The predicted molar refractivity (Wildman–Crippen MR) is 63.1 cm³/mol. The molecule has 0 amide bonds. The van der Waals surface area contributed by atoms with Crippen molar-refractivity contribution < 1.29 is 0 Å². The third kappa shape index (κ3) is 2.48. The van der Waals surface area contributed by atoms with Crippen molar-refractivity contribution >= 4 is 28.3 Å². The Hall–Kier alpha value is -0.550. The van der Waals surface area contributed by atoms with Gasteiger partial charge in [-0.15, -0.1) is 11.3 Å². The lowest BCUT2D eigenvalue weighted by molar-refractivity contribution is 0.908. The van der Waals surface area contributed by atoms with Crippen molar-refractivity contribution in [1.82, 2.24) is 10.3 Å². The van der Waals surface area contributed by atoms with Crippen molar-refractivity contribution in [2.75, 3.05) is 12.3 Å². The minimum absolute atomic E-state index is 0.816. The Labute approximate surface area is 92.0 Å². The highest BCUT2D eigenvalue weighted by atomic mass is 32.2. The van der Waals surface area contributed by atoms with Crippen molar-refractivity contribution in [3.63, 3.8) is 0 Å². The summed E-state index contributed by atoms with van der Waals surface area (Å²) in [5.41, 5.74) is 0. The number of amidine groups is 1. The van der Waals surface area contributed by atoms with E-state index in [1.807, 2.05) is 6.20 Å². The minimum atomic E-state index is 0.816. The lowest BCUT2D eigenvalue weighted by Gasteiger charge is -2.00. The maximum atomic E-state index is 4.34. The van der Waals surface area contributed by atoms with Crippen molar-refractivity contribution in [3.05, 3.63) is 16.1 Å². The predicted octanol–water partition coefficient (Wildman–Crippen LogP) is 1.90. The number of hydrogen-bond donors (Lipinski definition) is 1. The van der Waals surface area contributed by atoms with Crippen LogP contribution in [0.1, 0.15) is 16.8 Å². The highest BCUT2D eigenvalue weighted by Crippen LogP contribution is 2.14. The van der Waals surface area contributed by atoms with Crippen molar-refractivity contribution in [1.29, 1.82) is 0 Å². The zero-order valence-electron chi connectivity index (χ0n) is 8.12. The highest BCUT2D eigenvalue weighted by Gasteiger charge is 2.07. The molecule has 2 rings (SSSR count). The molecule has 0 aliphatic carbocycles. The van der Waals surface area contributed by atoms with Gasteiger partial charge in [0.25, 0.3) is 0 Å². The number of nitrogens with zero attached hydrogens (tertiary/aromatic N) is 2. The average molecular weight is 227 g/mol. The first-order chi connectivity index (χ1) is 6.88. The Morgan fingerprint density at radius 1 is 1.57 bits per heavy atom. The first-order valence-electron chi connectivity index (χ1n) is 4.73. The van der Waals surface area contributed by atoms with Crippen LogP contribution in [-0.2, 0) is 13.0 Å². The number of thiazole rings is 1. The zero-order chi connectivity index (χ0) is 9.80. The van der Waals surface area contributed by atoms with Crippen LogP contribution in [0.3, 0.4) is 0 Å². The zero-order valence-corrected chi connectivity index (χ0v) is 9.75. The molecule has 0 fully saturated rings. The van der Waals surface area contributed by atoms with Crippen LogP contribution in [0, 0.1) is 0 Å². The SMILES string of the molecule is CCc1cnc(CNC2=NCCS2)s1. The molecule has 5 heteroatoms. The van der Waals surface area contributed by atoms with Crippen molar-refractivity contribution in [2.24, 2.45) is 4.99 Å². The Balaban J connectivity index is 1.85. The van der Waals surface area contributed by atoms with E-state index in [-0.39, 0.29) is 0 Å². The van der Waals surface area contributed by atoms with Gasteiger partial charge in [0.15, 0.2) is 5.17 Å². The number of thioether (sulfide) groups is 1. The molecule has 1 aliphatic rings. The molecule has 0 saturated carbocycles. The van der Waals surface area contributed by atoms with E-state index in [1.165, 1.54) is 4.88 Å². The molecule has 2 heterocycles. The van der Waals surface area contributed by atoms with E-state index >= 15 is 0 Å². The molecule has 0 aromatic carbocycles. The van der Waals surface area contributed by atoms with Crippen LogP contribution in [0.5, 0.6) is 0 Å².